The molecule has 0 amide bonds. The quantitative estimate of drug-likeness (QED) is 0.726. The average molecular weight is 226 g/mol. The molecule has 0 spiro atoms. The summed E-state index contributed by atoms with van der Waals surface area (Å²) in [5, 5.41) is 1.07. The van der Waals surface area contributed by atoms with Crippen molar-refractivity contribution >= 4 is 17.3 Å². The molecule has 0 radical (unpaired) electrons. The first-order valence-electron chi connectivity index (χ1n) is 4.94. The van der Waals surface area contributed by atoms with Gasteiger partial charge in [0.25, 0.3) is 0 Å². The normalized spacial score (nSPS) is 21.1. The lowest BCUT2D eigenvalue weighted by molar-refractivity contribution is -0.152. The first kappa shape index (κ1) is 10.6. The molecule has 4 nitrogen and oxygen atoms in total. The van der Waals surface area contributed by atoms with Crippen LogP contribution in [0, 0.1) is 6.92 Å². The zero-order valence-electron chi connectivity index (χ0n) is 8.90. The molecular weight excluding hydrogens is 212 g/mol. The number of rotatable bonds is 3. The van der Waals surface area contributed by atoms with Crippen LogP contribution in [0.5, 0.6) is 0 Å². The van der Waals surface area contributed by atoms with Gasteiger partial charge in [0.15, 0.2) is 0 Å². The molecule has 15 heavy (non-hydrogen) atoms. The molecule has 0 aliphatic carbocycles. The Morgan fingerprint density at radius 1 is 1.80 bits per heavy atom. The third-order valence-corrected chi connectivity index (χ3v) is 3.51. The van der Waals surface area contributed by atoms with Crippen LogP contribution in [0.1, 0.15) is 16.3 Å². The third kappa shape index (κ3) is 2.18. The standard InChI is InChI=1S/C10H14N2O2S/c1-7-5-11-9(15-7)6-12-4-3-8(12)10(13)14-2/h5,8H,3-4,6H2,1-2H3. The van der Waals surface area contributed by atoms with E-state index in [0.29, 0.717) is 0 Å². The molecule has 5 heteroatoms. The zero-order valence-corrected chi connectivity index (χ0v) is 9.71. The van der Waals surface area contributed by atoms with E-state index in [9.17, 15) is 4.79 Å². The molecule has 1 saturated heterocycles. The molecule has 0 bridgehead atoms. The van der Waals surface area contributed by atoms with Gasteiger partial charge < -0.3 is 4.74 Å². The van der Waals surface area contributed by atoms with Crippen LogP contribution in [0.2, 0.25) is 0 Å². The van der Waals surface area contributed by atoms with Crippen molar-refractivity contribution in [2.75, 3.05) is 13.7 Å². The summed E-state index contributed by atoms with van der Waals surface area (Å²) in [6.07, 6.45) is 2.77. The maximum Gasteiger partial charge on any atom is 0.323 e. The Kier molecular flexibility index (Phi) is 3.02. The fraction of sp³-hybridized carbons (Fsp3) is 0.600. The predicted octanol–water partition coefficient (Wildman–Crippen LogP) is 1.20. The number of hydrogen-bond donors (Lipinski definition) is 0. The Bertz CT molecular complexity index is 364. The van der Waals surface area contributed by atoms with Gasteiger partial charge in [0.05, 0.1) is 13.7 Å². The zero-order chi connectivity index (χ0) is 10.8. The molecule has 1 aromatic heterocycles. The van der Waals surface area contributed by atoms with E-state index in [0.717, 1.165) is 24.5 Å². The van der Waals surface area contributed by atoms with E-state index < -0.39 is 0 Å². The summed E-state index contributed by atoms with van der Waals surface area (Å²) >= 11 is 1.68. The molecule has 1 aromatic rings. The Morgan fingerprint density at radius 2 is 2.60 bits per heavy atom. The second kappa shape index (κ2) is 4.28. The summed E-state index contributed by atoms with van der Waals surface area (Å²) in [4.78, 5) is 18.9. The van der Waals surface area contributed by atoms with Crippen LogP contribution in [-0.2, 0) is 16.1 Å². The number of nitrogens with zero attached hydrogens (tertiary/aromatic N) is 2. The van der Waals surface area contributed by atoms with Gasteiger partial charge in [-0.2, -0.15) is 0 Å². The van der Waals surface area contributed by atoms with Gasteiger partial charge in [-0.15, -0.1) is 11.3 Å². The fourth-order valence-corrected chi connectivity index (χ4v) is 2.49. The lowest BCUT2D eigenvalue weighted by Crippen LogP contribution is -2.52. The van der Waals surface area contributed by atoms with Crippen molar-refractivity contribution in [2.24, 2.45) is 0 Å². The van der Waals surface area contributed by atoms with E-state index >= 15 is 0 Å². The summed E-state index contributed by atoms with van der Waals surface area (Å²) in [6.45, 7) is 3.76. The monoisotopic (exact) mass is 226 g/mol. The van der Waals surface area contributed by atoms with Crippen LogP contribution in [0.3, 0.4) is 0 Å². The SMILES string of the molecule is COC(=O)C1CCN1Cc1ncc(C)s1. The summed E-state index contributed by atoms with van der Waals surface area (Å²) in [5.41, 5.74) is 0. The number of thiazole rings is 1. The van der Waals surface area contributed by atoms with Crippen LogP contribution in [-0.4, -0.2) is 35.5 Å². The van der Waals surface area contributed by atoms with Crippen molar-refractivity contribution in [1.82, 2.24) is 9.88 Å². The lowest BCUT2D eigenvalue weighted by atomic mass is 10.0. The summed E-state index contributed by atoms with van der Waals surface area (Å²) in [5.74, 6) is -0.130. The van der Waals surface area contributed by atoms with Gasteiger partial charge in [-0.3, -0.25) is 9.69 Å². The van der Waals surface area contributed by atoms with E-state index in [4.69, 9.17) is 4.74 Å². The minimum absolute atomic E-state index is 0.0563. The highest BCUT2D eigenvalue weighted by Crippen LogP contribution is 2.23. The van der Waals surface area contributed by atoms with E-state index in [1.165, 1.54) is 12.0 Å². The van der Waals surface area contributed by atoms with Crippen molar-refractivity contribution in [3.8, 4) is 0 Å². The van der Waals surface area contributed by atoms with Crippen LogP contribution in [0.15, 0.2) is 6.20 Å². The maximum atomic E-state index is 11.3. The highest BCUT2D eigenvalue weighted by molar-refractivity contribution is 7.11. The molecular formula is C10H14N2O2S. The minimum Gasteiger partial charge on any atom is -0.468 e. The Hall–Kier alpha value is -0.940. The number of likely N-dealkylation sites (tertiary alicyclic amines) is 1. The van der Waals surface area contributed by atoms with Crippen molar-refractivity contribution in [3.05, 3.63) is 16.1 Å². The largest absolute Gasteiger partial charge is 0.468 e. The molecule has 1 aliphatic heterocycles. The number of esters is 1. The second-order valence-corrected chi connectivity index (χ2v) is 4.98. The molecule has 0 N–H and O–H groups in total. The van der Waals surface area contributed by atoms with Gasteiger partial charge in [0, 0.05) is 17.6 Å². The van der Waals surface area contributed by atoms with Crippen molar-refractivity contribution in [3.63, 3.8) is 0 Å². The van der Waals surface area contributed by atoms with Gasteiger partial charge in [-0.05, 0) is 13.3 Å². The average Bonchev–Trinajstić information content (AvgIpc) is 2.58. The van der Waals surface area contributed by atoms with E-state index in [2.05, 4.69) is 9.88 Å². The number of ether oxygens (including phenoxy) is 1. The Morgan fingerprint density at radius 3 is 3.07 bits per heavy atom. The number of methoxy groups -OCH3 is 1. The van der Waals surface area contributed by atoms with Crippen LogP contribution in [0.4, 0.5) is 0 Å². The molecule has 82 valence electrons. The molecule has 2 heterocycles. The van der Waals surface area contributed by atoms with Crippen molar-refractivity contribution in [2.45, 2.75) is 25.9 Å². The second-order valence-electron chi connectivity index (χ2n) is 3.66. The molecule has 1 aliphatic rings. The molecule has 1 atom stereocenters. The molecule has 1 unspecified atom stereocenters. The lowest BCUT2D eigenvalue weighted by Gasteiger charge is -2.37. The number of carbonyl (C=O) groups excluding carboxylic acids is 1. The highest BCUT2D eigenvalue weighted by Gasteiger charge is 2.35. The summed E-state index contributed by atoms with van der Waals surface area (Å²) in [7, 11) is 1.44. The number of aryl methyl sites for hydroxylation is 1. The van der Waals surface area contributed by atoms with Crippen LogP contribution >= 0.6 is 11.3 Å². The maximum absolute atomic E-state index is 11.3. The van der Waals surface area contributed by atoms with Gasteiger partial charge in [-0.25, -0.2) is 4.98 Å². The van der Waals surface area contributed by atoms with Gasteiger partial charge >= 0.3 is 5.97 Å². The Balaban J connectivity index is 1.93. The van der Waals surface area contributed by atoms with E-state index in [-0.39, 0.29) is 12.0 Å². The summed E-state index contributed by atoms with van der Waals surface area (Å²) < 4.78 is 4.73. The predicted molar refractivity (Wildman–Crippen MR) is 57.7 cm³/mol. The van der Waals surface area contributed by atoms with Gasteiger partial charge in [0.2, 0.25) is 0 Å². The van der Waals surface area contributed by atoms with Crippen LogP contribution < -0.4 is 0 Å². The Labute approximate surface area is 92.9 Å². The van der Waals surface area contributed by atoms with Gasteiger partial charge in [-0.1, -0.05) is 0 Å². The molecule has 0 aromatic carbocycles. The number of aromatic nitrogens is 1. The number of carbonyl (C=O) groups is 1. The number of hydrogen-bond acceptors (Lipinski definition) is 5. The van der Waals surface area contributed by atoms with E-state index in [1.807, 2.05) is 13.1 Å². The van der Waals surface area contributed by atoms with Crippen molar-refractivity contribution in [1.29, 1.82) is 0 Å². The smallest absolute Gasteiger partial charge is 0.323 e. The molecule has 2 rings (SSSR count). The first-order chi connectivity index (χ1) is 7.20. The van der Waals surface area contributed by atoms with Crippen molar-refractivity contribution < 1.29 is 9.53 Å². The highest BCUT2D eigenvalue weighted by atomic mass is 32.1. The molecule has 0 saturated carbocycles. The molecule has 1 fully saturated rings. The minimum atomic E-state index is -0.130. The van der Waals surface area contributed by atoms with Crippen LogP contribution in [0.25, 0.3) is 0 Å². The first-order valence-corrected chi connectivity index (χ1v) is 5.75. The van der Waals surface area contributed by atoms with Gasteiger partial charge in [0.1, 0.15) is 11.0 Å². The summed E-state index contributed by atoms with van der Waals surface area (Å²) in [6, 6.07) is -0.0563. The third-order valence-electron chi connectivity index (χ3n) is 2.61. The fourth-order valence-electron chi connectivity index (χ4n) is 1.68. The topological polar surface area (TPSA) is 42.4 Å². The van der Waals surface area contributed by atoms with E-state index in [1.54, 1.807) is 11.3 Å².